The molecule has 100 valence electrons. The molecule has 1 aromatic carbocycles. The summed E-state index contributed by atoms with van der Waals surface area (Å²) < 4.78 is 19.6. The highest BCUT2D eigenvalue weighted by molar-refractivity contribution is 6.17. The standard InChI is InChI=1S/C15H20ClFO/c1-2-11-6-8-13(9-7-11)18-15-12(10-16)4-3-5-14(15)17/h3-5,11,13H,2,6-10H2,1H3. The van der Waals surface area contributed by atoms with Crippen LogP contribution in [0.3, 0.4) is 0 Å². The van der Waals surface area contributed by atoms with E-state index in [1.54, 1.807) is 6.07 Å². The van der Waals surface area contributed by atoms with Crippen LogP contribution in [0.25, 0.3) is 0 Å². The van der Waals surface area contributed by atoms with Crippen molar-refractivity contribution in [3.63, 3.8) is 0 Å². The van der Waals surface area contributed by atoms with Crippen LogP contribution in [-0.2, 0) is 5.88 Å². The molecule has 0 aromatic heterocycles. The molecule has 0 N–H and O–H groups in total. The largest absolute Gasteiger partial charge is 0.487 e. The number of halogens is 2. The van der Waals surface area contributed by atoms with E-state index < -0.39 is 0 Å². The van der Waals surface area contributed by atoms with E-state index in [9.17, 15) is 4.39 Å². The molecule has 0 amide bonds. The van der Waals surface area contributed by atoms with Crippen LogP contribution in [0.2, 0.25) is 0 Å². The first-order valence-electron chi connectivity index (χ1n) is 6.74. The van der Waals surface area contributed by atoms with Crippen LogP contribution in [0, 0.1) is 11.7 Å². The average molecular weight is 271 g/mol. The average Bonchev–Trinajstić information content (AvgIpc) is 2.42. The van der Waals surface area contributed by atoms with Gasteiger partial charge < -0.3 is 4.74 Å². The molecule has 0 atom stereocenters. The van der Waals surface area contributed by atoms with Crippen LogP contribution in [0.5, 0.6) is 5.75 Å². The molecule has 0 aliphatic heterocycles. The lowest BCUT2D eigenvalue weighted by Crippen LogP contribution is -2.24. The maximum atomic E-state index is 13.8. The minimum atomic E-state index is -0.300. The molecule has 3 heteroatoms. The number of ether oxygens (including phenoxy) is 1. The van der Waals surface area contributed by atoms with E-state index >= 15 is 0 Å². The van der Waals surface area contributed by atoms with Crippen LogP contribution in [0.4, 0.5) is 4.39 Å². The van der Waals surface area contributed by atoms with Crippen LogP contribution < -0.4 is 4.74 Å². The zero-order valence-corrected chi connectivity index (χ0v) is 11.5. The molecule has 2 rings (SSSR count). The fourth-order valence-electron chi connectivity index (χ4n) is 2.62. The van der Waals surface area contributed by atoms with Crippen molar-refractivity contribution < 1.29 is 9.13 Å². The summed E-state index contributed by atoms with van der Waals surface area (Å²) in [6.45, 7) is 2.23. The van der Waals surface area contributed by atoms with Gasteiger partial charge >= 0.3 is 0 Å². The zero-order chi connectivity index (χ0) is 13.0. The molecule has 1 aromatic rings. The van der Waals surface area contributed by atoms with E-state index in [0.29, 0.717) is 5.75 Å². The Balaban J connectivity index is 2.02. The summed E-state index contributed by atoms with van der Waals surface area (Å²) in [4.78, 5) is 0. The third-order valence-corrected chi connectivity index (χ3v) is 4.14. The van der Waals surface area contributed by atoms with Crippen molar-refractivity contribution in [1.82, 2.24) is 0 Å². The Hall–Kier alpha value is -0.760. The molecular formula is C15H20ClFO. The predicted octanol–water partition coefficient (Wildman–Crippen LogP) is 4.91. The van der Waals surface area contributed by atoms with Gasteiger partial charge in [-0.05, 0) is 37.7 Å². The van der Waals surface area contributed by atoms with E-state index in [-0.39, 0.29) is 17.8 Å². The second-order valence-electron chi connectivity index (χ2n) is 5.03. The lowest BCUT2D eigenvalue weighted by atomic mass is 9.86. The fraction of sp³-hybridized carbons (Fsp3) is 0.600. The van der Waals surface area contributed by atoms with E-state index in [1.807, 2.05) is 6.07 Å². The van der Waals surface area contributed by atoms with Gasteiger partial charge in [-0.3, -0.25) is 0 Å². The number of rotatable bonds is 4. The highest BCUT2D eigenvalue weighted by Gasteiger charge is 2.23. The molecular weight excluding hydrogens is 251 g/mol. The van der Waals surface area contributed by atoms with Crippen LogP contribution in [-0.4, -0.2) is 6.10 Å². The van der Waals surface area contributed by atoms with E-state index in [0.717, 1.165) is 24.3 Å². The molecule has 1 fully saturated rings. The van der Waals surface area contributed by atoms with Crippen molar-refractivity contribution in [1.29, 1.82) is 0 Å². The lowest BCUT2D eigenvalue weighted by molar-refractivity contribution is 0.124. The maximum Gasteiger partial charge on any atom is 0.165 e. The number of benzene rings is 1. The summed E-state index contributed by atoms with van der Waals surface area (Å²) >= 11 is 5.82. The first-order valence-corrected chi connectivity index (χ1v) is 7.28. The first kappa shape index (κ1) is 13.7. The Bertz CT molecular complexity index is 386. The summed E-state index contributed by atoms with van der Waals surface area (Å²) in [5, 5.41) is 0. The maximum absolute atomic E-state index is 13.8. The van der Waals surface area contributed by atoms with Gasteiger partial charge in [-0.2, -0.15) is 0 Å². The molecule has 18 heavy (non-hydrogen) atoms. The number of alkyl halides is 1. The predicted molar refractivity (Wildman–Crippen MR) is 72.6 cm³/mol. The molecule has 0 radical (unpaired) electrons. The van der Waals surface area contributed by atoms with Crippen molar-refractivity contribution in [2.24, 2.45) is 5.92 Å². The molecule has 0 heterocycles. The van der Waals surface area contributed by atoms with Gasteiger partial charge in [-0.1, -0.05) is 25.5 Å². The van der Waals surface area contributed by atoms with Gasteiger partial charge in [0.05, 0.1) is 12.0 Å². The van der Waals surface area contributed by atoms with Crippen molar-refractivity contribution in [3.05, 3.63) is 29.6 Å². The van der Waals surface area contributed by atoms with Gasteiger partial charge in [0.15, 0.2) is 11.6 Å². The minimum absolute atomic E-state index is 0.145. The molecule has 0 saturated heterocycles. The summed E-state index contributed by atoms with van der Waals surface area (Å²) in [5.41, 5.74) is 0.745. The SMILES string of the molecule is CCC1CCC(Oc2c(F)cccc2CCl)CC1. The monoisotopic (exact) mass is 270 g/mol. The van der Waals surface area contributed by atoms with Crippen LogP contribution in [0.15, 0.2) is 18.2 Å². The smallest absolute Gasteiger partial charge is 0.165 e. The Morgan fingerprint density at radius 2 is 2.00 bits per heavy atom. The highest BCUT2D eigenvalue weighted by Crippen LogP contribution is 2.32. The molecule has 0 bridgehead atoms. The molecule has 0 spiro atoms. The van der Waals surface area contributed by atoms with Gasteiger partial charge in [0.2, 0.25) is 0 Å². The van der Waals surface area contributed by atoms with Crippen molar-refractivity contribution in [2.75, 3.05) is 0 Å². The van der Waals surface area contributed by atoms with E-state index in [2.05, 4.69) is 6.92 Å². The fourth-order valence-corrected chi connectivity index (χ4v) is 2.83. The normalized spacial score (nSPS) is 23.9. The summed E-state index contributed by atoms with van der Waals surface area (Å²) in [5.74, 6) is 1.16. The summed E-state index contributed by atoms with van der Waals surface area (Å²) in [6, 6.07) is 4.93. The first-order chi connectivity index (χ1) is 8.74. The molecule has 1 nitrogen and oxygen atoms in total. The Labute approximate surface area is 113 Å². The van der Waals surface area contributed by atoms with Crippen molar-refractivity contribution in [2.45, 2.75) is 51.0 Å². The minimum Gasteiger partial charge on any atom is -0.487 e. The van der Waals surface area contributed by atoms with Crippen LogP contribution in [0.1, 0.15) is 44.6 Å². The van der Waals surface area contributed by atoms with Gasteiger partial charge in [0.25, 0.3) is 0 Å². The second-order valence-corrected chi connectivity index (χ2v) is 5.30. The summed E-state index contributed by atoms with van der Waals surface area (Å²) in [7, 11) is 0. The topological polar surface area (TPSA) is 9.23 Å². The van der Waals surface area contributed by atoms with Gasteiger partial charge in [-0.15, -0.1) is 11.6 Å². The van der Waals surface area contributed by atoms with Gasteiger partial charge in [0.1, 0.15) is 0 Å². The highest BCUT2D eigenvalue weighted by atomic mass is 35.5. The van der Waals surface area contributed by atoms with Gasteiger partial charge in [-0.25, -0.2) is 4.39 Å². The molecule has 1 aliphatic rings. The molecule has 1 saturated carbocycles. The third kappa shape index (κ3) is 3.17. The van der Waals surface area contributed by atoms with E-state index in [1.165, 1.54) is 25.3 Å². The van der Waals surface area contributed by atoms with Crippen molar-refractivity contribution >= 4 is 11.6 Å². The van der Waals surface area contributed by atoms with Gasteiger partial charge in [0, 0.05) is 5.56 Å². The molecule has 0 unspecified atom stereocenters. The Morgan fingerprint density at radius 3 is 2.61 bits per heavy atom. The van der Waals surface area contributed by atoms with E-state index in [4.69, 9.17) is 16.3 Å². The molecule has 1 aliphatic carbocycles. The number of hydrogen-bond acceptors (Lipinski definition) is 1. The van der Waals surface area contributed by atoms with Crippen LogP contribution >= 0.6 is 11.6 Å². The third-order valence-electron chi connectivity index (χ3n) is 3.85. The number of para-hydroxylation sites is 1. The van der Waals surface area contributed by atoms with Crippen molar-refractivity contribution in [3.8, 4) is 5.75 Å². The summed E-state index contributed by atoms with van der Waals surface area (Å²) in [6.07, 6.45) is 5.80. The Morgan fingerprint density at radius 1 is 1.28 bits per heavy atom. The Kier molecular flexibility index (Phi) is 4.87. The quantitative estimate of drug-likeness (QED) is 0.706. The second kappa shape index (κ2) is 6.42. The lowest BCUT2D eigenvalue weighted by Gasteiger charge is -2.29. The number of hydrogen-bond donors (Lipinski definition) is 0. The zero-order valence-electron chi connectivity index (χ0n) is 10.8.